The van der Waals surface area contributed by atoms with Gasteiger partial charge in [0.05, 0.1) is 17.5 Å². The van der Waals surface area contributed by atoms with E-state index in [1.165, 1.54) is 0 Å². The van der Waals surface area contributed by atoms with Gasteiger partial charge in [0.25, 0.3) is 5.56 Å². The zero-order valence-electron chi connectivity index (χ0n) is 17.7. The van der Waals surface area contributed by atoms with E-state index in [4.69, 9.17) is 14.2 Å². The van der Waals surface area contributed by atoms with Crippen LogP contribution in [0, 0.1) is 11.3 Å². The number of carbonyl (C=O) groups is 2. The molecule has 1 fully saturated rings. The van der Waals surface area contributed by atoms with Crippen molar-refractivity contribution in [3.05, 3.63) is 105 Å². The van der Waals surface area contributed by atoms with Crippen LogP contribution in [0.15, 0.2) is 82.5 Å². The normalized spacial score (nSPS) is 21.4. The van der Waals surface area contributed by atoms with Crippen molar-refractivity contribution in [1.29, 1.82) is 5.26 Å². The second-order valence-corrected chi connectivity index (χ2v) is 7.51. The van der Waals surface area contributed by atoms with Gasteiger partial charge < -0.3 is 14.2 Å². The third kappa shape index (κ3) is 4.65. The van der Waals surface area contributed by atoms with Gasteiger partial charge in [0.2, 0.25) is 5.72 Å². The minimum absolute atomic E-state index is 0.235. The van der Waals surface area contributed by atoms with Crippen LogP contribution in [0.5, 0.6) is 0 Å². The molecule has 172 valence electrons. The van der Waals surface area contributed by atoms with E-state index in [2.05, 4.69) is 4.98 Å². The van der Waals surface area contributed by atoms with Crippen molar-refractivity contribution in [3.8, 4) is 6.07 Å². The number of nitrogens with zero attached hydrogens (tertiary/aromatic N) is 2. The van der Waals surface area contributed by atoms with Crippen LogP contribution in [-0.4, -0.2) is 40.3 Å². The summed E-state index contributed by atoms with van der Waals surface area (Å²) in [6.07, 6.45) is -1.20. The second kappa shape index (κ2) is 9.56. The molecule has 0 aliphatic carbocycles. The van der Waals surface area contributed by atoms with Crippen LogP contribution in [0.4, 0.5) is 0 Å². The van der Waals surface area contributed by atoms with Crippen molar-refractivity contribution >= 4 is 11.9 Å². The van der Waals surface area contributed by atoms with E-state index >= 15 is 0 Å². The highest BCUT2D eigenvalue weighted by Gasteiger charge is 2.51. The van der Waals surface area contributed by atoms with Crippen molar-refractivity contribution < 1.29 is 23.8 Å². The van der Waals surface area contributed by atoms with Gasteiger partial charge in [0.1, 0.15) is 24.9 Å². The van der Waals surface area contributed by atoms with Crippen LogP contribution in [0.25, 0.3) is 0 Å². The summed E-state index contributed by atoms with van der Waals surface area (Å²) >= 11 is 0. The van der Waals surface area contributed by atoms with Gasteiger partial charge in [-0.1, -0.05) is 36.4 Å². The Bertz CT molecular complexity index is 1340. The fraction of sp³-hybridized carbons (Fsp3) is 0.208. The number of hydrogen-bond donors (Lipinski definition) is 1. The van der Waals surface area contributed by atoms with Gasteiger partial charge in [0.15, 0.2) is 0 Å². The van der Waals surface area contributed by atoms with E-state index in [1.807, 2.05) is 6.07 Å². The Hall–Kier alpha value is -4.49. The monoisotopic (exact) mass is 461 g/mol. The topological polar surface area (TPSA) is 140 Å². The number of H-pyrrole nitrogens is 1. The zero-order chi connectivity index (χ0) is 24.1. The zero-order valence-corrected chi connectivity index (χ0v) is 17.7. The van der Waals surface area contributed by atoms with E-state index in [-0.39, 0.29) is 18.6 Å². The molecular formula is C24H19N3O7. The van der Waals surface area contributed by atoms with E-state index in [1.54, 1.807) is 60.7 Å². The molecule has 3 atom stereocenters. The van der Waals surface area contributed by atoms with E-state index < -0.39 is 41.1 Å². The fourth-order valence-corrected chi connectivity index (χ4v) is 3.62. The molecule has 0 spiro atoms. The van der Waals surface area contributed by atoms with Crippen molar-refractivity contribution in [2.24, 2.45) is 0 Å². The maximum atomic E-state index is 12.7. The summed E-state index contributed by atoms with van der Waals surface area (Å²) < 4.78 is 17.7. The lowest BCUT2D eigenvalue weighted by Gasteiger charge is -2.23. The smallest absolute Gasteiger partial charge is 0.338 e. The Balaban J connectivity index is 1.61. The largest absolute Gasteiger partial charge is 0.459 e. The third-order valence-electron chi connectivity index (χ3n) is 5.28. The molecule has 0 saturated carbocycles. The van der Waals surface area contributed by atoms with Crippen LogP contribution < -0.4 is 11.2 Å². The summed E-state index contributed by atoms with van der Waals surface area (Å²) in [4.78, 5) is 51.0. The second-order valence-electron chi connectivity index (χ2n) is 7.51. The number of aromatic amines is 1. The highest BCUT2D eigenvalue weighted by atomic mass is 16.6. The minimum Gasteiger partial charge on any atom is -0.459 e. The van der Waals surface area contributed by atoms with Crippen molar-refractivity contribution in [2.75, 3.05) is 6.61 Å². The van der Waals surface area contributed by atoms with Crippen LogP contribution >= 0.6 is 0 Å². The van der Waals surface area contributed by atoms with Gasteiger partial charge in [-0.05, 0) is 24.3 Å². The lowest BCUT2D eigenvalue weighted by Crippen LogP contribution is -2.43. The third-order valence-corrected chi connectivity index (χ3v) is 5.28. The summed E-state index contributed by atoms with van der Waals surface area (Å²) in [6, 6.07) is 19.4. The molecule has 0 unspecified atom stereocenters. The predicted octanol–water partition coefficient (Wildman–Crippen LogP) is 1.58. The molecule has 2 aromatic carbocycles. The van der Waals surface area contributed by atoms with Crippen molar-refractivity contribution in [1.82, 2.24) is 9.55 Å². The molecule has 1 aliphatic rings. The van der Waals surface area contributed by atoms with Crippen LogP contribution in [0.3, 0.4) is 0 Å². The molecule has 0 radical (unpaired) electrons. The Morgan fingerprint density at radius 3 is 2.24 bits per heavy atom. The van der Waals surface area contributed by atoms with Gasteiger partial charge in [-0.3, -0.25) is 14.3 Å². The van der Waals surface area contributed by atoms with Crippen LogP contribution in [0.2, 0.25) is 0 Å². The summed E-state index contributed by atoms with van der Waals surface area (Å²) in [6.45, 7) is -0.345. The molecule has 34 heavy (non-hydrogen) atoms. The van der Waals surface area contributed by atoms with E-state index in [0.717, 1.165) is 16.8 Å². The molecule has 1 saturated heterocycles. The van der Waals surface area contributed by atoms with Crippen molar-refractivity contribution in [2.45, 2.75) is 24.4 Å². The van der Waals surface area contributed by atoms with Gasteiger partial charge in [-0.25, -0.2) is 14.4 Å². The maximum Gasteiger partial charge on any atom is 0.338 e. The Morgan fingerprint density at radius 1 is 1.03 bits per heavy atom. The average Bonchev–Trinajstić information content (AvgIpc) is 3.21. The van der Waals surface area contributed by atoms with Crippen LogP contribution in [-0.2, 0) is 19.9 Å². The number of rotatable bonds is 6. The highest BCUT2D eigenvalue weighted by molar-refractivity contribution is 5.90. The average molecular weight is 461 g/mol. The number of carbonyl (C=O) groups excluding carboxylic acids is 2. The quantitative estimate of drug-likeness (QED) is 0.546. The molecule has 3 aromatic rings. The molecule has 1 aromatic heterocycles. The first kappa shape index (κ1) is 22.7. The summed E-state index contributed by atoms with van der Waals surface area (Å²) in [5.41, 5.74) is -2.83. The standard InChI is InChI=1S/C24H19N3O7/c25-15-24(27-12-11-20(28)26-23(27)31)13-18(33-22(30)17-9-5-2-6-10-17)19(34-24)14-32-21(29)16-7-3-1-4-8-16/h1-12,18-19H,13-14H2,(H,26,28,31)/t18-,19+,24-/m0/s1. The molecule has 1 N–H and O–H groups in total. The highest BCUT2D eigenvalue weighted by Crippen LogP contribution is 2.36. The first-order chi connectivity index (χ1) is 16.4. The number of nitrogens with one attached hydrogen (secondary N) is 1. The van der Waals surface area contributed by atoms with Gasteiger partial charge in [-0.15, -0.1) is 0 Å². The Morgan fingerprint density at radius 2 is 1.65 bits per heavy atom. The summed E-state index contributed by atoms with van der Waals surface area (Å²) in [7, 11) is 0. The SMILES string of the molecule is N#C[C@]1(n2ccc(=O)[nH]c2=O)C[C@H](OC(=O)c2ccccc2)[C@@H](COC(=O)c2ccccc2)O1. The molecule has 10 heteroatoms. The molecule has 4 rings (SSSR count). The van der Waals surface area contributed by atoms with Crippen molar-refractivity contribution in [3.63, 3.8) is 0 Å². The fourth-order valence-electron chi connectivity index (χ4n) is 3.62. The maximum absolute atomic E-state index is 12.7. The first-order valence-electron chi connectivity index (χ1n) is 10.3. The molecule has 0 bridgehead atoms. The number of aromatic nitrogens is 2. The number of ether oxygens (including phenoxy) is 3. The molecule has 2 heterocycles. The Labute approximate surface area is 192 Å². The predicted molar refractivity (Wildman–Crippen MR) is 117 cm³/mol. The Kier molecular flexibility index (Phi) is 6.38. The number of hydrogen-bond acceptors (Lipinski definition) is 8. The summed E-state index contributed by atoms with van der Waals surface area (Å²) in [5.74, 6) is -1.30. The van der Waals surface area contributed by atoms with Gasteiger partial charge >= 0.3 is 17.6 Å². The number of esters is 2. The summed E-state index contributed by atoms with van der Waals surface area (Å²) in [5, 5.41) is 9.93. The minimum atomic E-state index is -1.90. The molecule has 10 nitrogen and oxygen atoms in total. The molecule has 0 amide bonds. The lowest BCUT2D eigenvalue weighted by molar-refractivity contribution is -0.0898. The number of nitriles is 1. The van der Waals surface area contributed by atoms with Gasteiger partial charge in [0, 0.05) is 12.3 Å². The first-order valence-corrected chi connectivity index (χ1v) is 10.3. The number of benzene rings is 2. The van der Waals surface area contributed by atoms with Gasteiger partial charge in [-0.2, -0.15) is 5.26 Å². The van der Waals surface area contributed by atoms with E-state index in [0.29, 0.717) is 5.56 Å². The molecular weight excluding hydrogens is 442 g/mol. The molecule has 1 aliphatic heterocycles. The van der Waals surface area contributed by atoms with E-state index in [9.17, 15) is 24.4 Å². The lowest BCUT2D eigenvalue weighted by atomic mass is 10.1. The van der Waals surface area contributed by atoms with Crippen LogP contribution in [0.1, 0.15) is 27.1 Å².